The van der Waals surface area contributed by atoms with E-state index in [2.05, 4.69) is 4.98 Å². The number of aryl methyl sites for hydroxylation is 1. The molecule has 2 aromatic rings. The van der Waals surface area contributed by atoms with Crippen molar-refractivity contribution in [3.8, 4) is 0 Å². The number of carbonyl (C=O) groups is 1. The fourth-order valence-electron chi connectivity index (χ4n) is 2.94. The highest BCUT2D eigenvalue weighted by Crippen LogP contribution is 2.21. The fraction of sp³-hybridized carbons (Fsp3) is 0.389. The van der Waals surface area contributed by atoms with Crippen molar-refractivity contribution >= 4 is 29.1 Å². The van der Waals surface area contributed by atoms with Gasteiger partial charge in [-0.1, -0.05) is 42.5 Å². The third-order valence-electron chi connectivity index (χ3n) is 4.24. The predicted octanol–water partition coefficient (Wildman–Crippen LogP) is 4.42. The molecule has 4 nitrogen and oxygen atoms in total. The molecule has 24 heavy (non-hydrogen) atoms. The Morgan fingerprint density at radius 1 is 1.25 bits per heavy atom. The maximum Gasteiger partial charge on any atom is 0.265 e. The first-order chi connectivity index (χ1) is 11.5. The summed E-state index contributed by atoms with van der Waals surface area (Å²) in [5, 5.41) is 0.454. The van der Waals surface area contributed by atoms with E-state index in [9.17, 15) is 4.79 Å². The number of hydrogen-bond donors (Lipinski definition) is 0. The van der Waals surface area contributed by atoms with Crippen LogP contribution in [0.4, 0.5) is 0 Å². The summed E-state index contributed by atoms with van der Waals surface area (Å²) in [6.07, 6.45) is 9.02. The molecular formula is C18H19Cl2N3O. The van der Waals surface area contributed by atoms with Gasteiger partial charge in [0.2, 0.25) is 0 Å². The summed E-state index contributed by atoms with van der Waals surface area (Å²) in [5.74, 6) is -0.212. The van der Waals surface area contributed by atoms with E-state index in [4.69, 9.17) is 28.2 Å². The van der Waals surface area contributed by atoms with Crippen LogP contribution in [0.5, 0.6) is 0 Å². The summed E-state index contributed by atoms with van der Waals surface area (Å²) in [6.45, 7) is 2.00. The molecule has 0 N–H and O–H groups in total. The summed E-state index contributed by atoms with van der Waals surface area (Å²) in [5.41, 5.74) is 2.14. The van der Waals surface area contributed by atoms with E-state index in [-0.39, 0.29) is 22.1 Å². The van der Waals surface area contributed by atoms with Crippen LogP contribution >= 0.6 is 23.2 Å². The molecular weight excluding hydrogens is 345 g/mol. The highest BCUT2D eigenvalue weighted by molar-refractivity contribution is 6.41. The first kappa shape index (κ1) is 17.2. The predicted molar refractivity (Wildman–Crippen MR) is 95.6 cm³/mol. The van der Waals surface area contributed by atoms with E-state index in [0.717, 1.165) is 18.4 Å². The highest BCUT2D eigenvalue weighted by Gasteiger charge is 2.15. The van der Waals surface area contributed by atoms with Crippen LogP contribution < -0.4 is 5.49 Å². The molecule has 0 saturated heterocycles. The van der Waals surface area contributed by atoms with Crippen LogP contribution in [-0.4, -0.2) is 21.5 Å². The number of nitrogens with zero attached hydrogens (tertiary/aromatic N) is 3. The number of carbonyl (C=O) groups excluding carboxylic acids is 1. The summed E-state index contributed by atoms with van der Waals surface area (Å²) in [6, 6.07) is 5.66. The molecule has 2 heterocycles. The summed E-state index contributed by atoms with van der Waals surface area (Å²) in [4.78, 5) is 21.6. The van der Waals surface area contributed by atoms with E-state index >= 15 is 0 Å². The monoisotopic (exact) mass is 363 g/mol. The van der Waals surface area contributed by atoms with Gasteiger partial charge in [-0.05, 0) is 43.5 Å². The first-order valence-electron chi connectivity index (χ1n) is 8.13. The second kappa shape index (κ2) is 7.49. The van der Waals surface area contributed by atoms with Gasteiger partial charge in [-0.2, -0.15) is 0 Å². The number of pyridine rings is 2. The van der Waals surface area contributed by atoms with Gasteiger partial charge in [0.05, 0.1) is 16.6 Å². The van der Waals surface area contributed by atoms with Crippen LogP contribution in [0.1, 0.15) is 48.0 Å². The number of aromatic nitrogens is 2. The lowest BCUT2D eigenvalue weighted by Gasteiger charge is -2.18. The van der Waals surface area contributed by atoms with E-state index in [1.165, 1.54) is 31.5 Å². The molecule has 0 unspecified atom stereocenters. The minimum Gasteiger partial charge on any atom is -0.268 e. The van der Waals surface area contributed by atoms with Crippen molar-refractivity contribution in [2.45, 2.75) is 45.1 Å². The van der Waals surface area contributed by atoms with Gasteiger partial charge in [0, 0.05) is 12.4 Å². The lowest BCUT2D eigenvalue weighted by atomic mass is 9.96. The molecule has 1 aliphatic rings. The minimum atomic E-state index is -0.212. The van der Waals surface area contributed by atoms with E-state index in [0.29, 0.717) is 11.1 Å². The van der Waals surface area contributed by atoms with Crippen molar-refractivity contribution in [3.05, 3.63) is 57.4 Å². The van der Waals surface area contributed by atoms with Crippen molar-refractivity contribution in [2.75, 3.05) is 0 Å². The lowest BCUT2D eigenvalue weighted by molar-refractivity contribution is 0.0954. The minimum absolute atomic E-state index is 0.189. The topological polar surface area (TPSA) is 47.2 Å². The second-order valence-corrected chi connectivity index (χ2v) is 6.92. The average molecular weight is 364 g/mol. The fourth-order valence-corrected chi connectivity index (χ4v) is 3.21. The summed E-state index contributed by atoms with van der Waals surface area (Å²) >= 11 is 11.8. The van der Waals surface area contributed by atoms with Gasteiger partial charge in [0.25, 0.3) is 5.91 Å². The van der Waals surface area contributed by atoms with Crippen molar-refractivity contribution in [1.29, 1.82) is 0 Å². The smallest absolute Gasteiger partial charge is 0.265 e. The zero-order valence-electron chi connectivity index (χ0n) is 13.5. The third kappa shape index (κ3) is 3.87. The molecule has 1 aliphatic carbocycles. The molecule has 1 saturated carbocycles. The van der Waals surface area contributed by atoms with Gasteiger partial charge in [-0.25, -0.2) is 4.98 Å². The van der Waals surface area contributed by atoms with Crippen LogP contribution in [0.25, 0.3) is 0 Å². The molecule has 0 aliphatic heterocycles. The van der Waals surface area contributed by atoms with Crippen molar-refractivity contribution in [1.82, 2.24) is 9.55 Å². The third-order valence-corrected chi connectivity index (χ3v) is 4.93. The largest absolute Gasteiger partial charge is 0.268 e. The maximum absolute atomic E-state index is 12.8. The molecule has 126 valence electrons. The lowest BCUT2D eigenvalue weighted by Crippen LogP contribution is -2.30. The highest BCUT2D eigenvalue weighted by atomic mass is 35.5. The van der Waals surface area contributed by atoms with Crippen LogP contribution in [0.2, 0.25) is 10.2 Å². The van der Waals surface area contributed by atoms with E-state index in [1.54, 1.807) is 10.8 Å². The molecule has 2 aromatic heterocycles. The Morgan fingerprint density at radius 2 is 2.00 bits per heavy atom. The van der Waals surface area contributed by atoms with E-state index < -0.39 is 0 Å². The number of hydrogen-bond acceptors (Lipinski definition) is 3. The molecule has 0 aromatic carbocycles. The number of halogens is 2. The van der Waals surface area contributed by atoms with Gasteiger partial charge in [-0.15, -0.1) is 0 Å². The van der Waals surface area contributed by atoms with Crippen LogP contribution in [0, 0.1) is 6.92 Å². The first-order valence-corrected chi connectivity index (χ1v) is 8.89. The zero-order valence-corrected chi connectivity index (χ0v) is 15.0. The van der Waals surface area contributed by atoms with Gasteiger partial charge in [-0.3, -0.25) is 14.4 Å². The molecule has 0 radical (unpaired) electrons. The Hall–Kier alpha value is -1.65. The van der Waals surface area contributed by atoms with E-state index in [1.807, 2.05) is 19.1 Å². The summed E-state index contributed by atoms with van der Waals surface area (Å²) < 4.78 is 1.56. The zero-order chi connectivity index (χ0) is 17.1. The van der Waals surface area contributed by atoms with Crippen LogP contribution in [-0.2, 0) is 0 Å². The van der Waals surface area contributed by atoms with Crippen molar-refractivity contribution in [2.24, 2.45) is 4.99 Å². The standard InChI is InChI=1S/C18H19Cl2N3O/c1-12-7-8-23(16(9-12)22-14-5-3-2-4-6-14)18(24)13-10-15(19)17(20)21-11-13/h7-11,14H,2-6H2,1H3. The molecule has 6 heteroatoms. The van der Waals surface area contributed by atoms with Crippen molar-refractivity contribution < 1.29 is 4.79 Å². The molecule has 1 fully saturated rings. The average Bonchev–Trinajstić information content (AvgIpc) is 2.58. The van der Waals surface area contributed by atoms with Gasteiger partial charge in [0.1, 0.15) is 10.6 Å². The normalized spacial score (nSPS) is 16.4. The maximum atomic E-state index is 12.8. The Morgan fingerprint density at radius 3 is 2.71 bits per heavy atom. The molecule has 0 bridgehead atoms. The molecule has 3 rings (SSSR count). The quantitative estimate of drug-likeness (QED) is 0.741. The number of rotatable bonds is 2. The Bertz CT molecular complexity index is 823. The molecule has 0 spiro atoms. The van der Waals surface area contributed by atoms with Crippen LogP contribution in [0.3, 0.4) is 0 Å². The Kier molecular flexibility index (Phi) is 5.36. The van der Waals surface area contributed by atoms with Gasteiger partial charge >= 0.3 is 0 Å². The second-order valence-electron chi connectivity index (χ2n) is 6.16. The summed E-state index contributed by atoms with van der Waals surface area (Å²) in [7, 11) is 0. The van der Waals surface area contributed by atoms with Gasteiger partial charge < -0.3 is 0 Å². The SMILES string of the molecule is Cc1ccn(C(=O)c2cnc(Cl)c(Cl)c2)c(=NC2CCCCC2)c1. The van der Waals surface area contributed by atoms with Crippen molar-refractivity contribution in [3.63, 3.8) is 0 Å². The van der Waals surface area contributed by atoms with Crippen LogP contribution in [0.15, 0.2) is 35.6 Å². The molecule has 0 amide bonds. The Balaban J connectivity index is 2.02. The Labute approximate surface area is 151 Å². The molecule has 0 atom stereocenters. The van der Waals surface area contributed by atoms with Gasteiger partial charge in [0.15, 0.2) is 0 Å².